The van der Waals surface area contributed by atoms with Gasteiger partial charge in [-0.2, -0.15) is 0 Å². The third-order valence-electron chi connectivity index (χ3n) is 3.18. The second-order valence-corrected chi connectivity index (χ2v) is 8.09. The van der Waals surface area contributed by atoms with Gasteiger partial charge in [0, 0.05) is 11.1 Å². The van der Waals surface area contributed by atoms with Gasteiger partial charge in [0.1, 0.15) is 5.82 Å². The van der Waals surface area contributed by atoms with Gasteiger partial charge in [0.15, 0.2) is 9.84 Å². The minimum absolute atomic E-state index is 0.0409. The van der Waals surface area contributed by atoms with Crippen molar-refractivity contribution in [3.05, 3.63) is 45.4 Å². The van der Waals surface area contributed by atoms with Gasteiger partial charge in [0.25, 0.3) is 5.91 Å². The maximum atomic E-state index is 13.8. The molecule has 2 rings (SSSR count). The topological polar surface area (TPSA) is 63.2 Å². The van der Waals surface area contributed by atoms with Gasteiger partial charge in [0.2, 0.25) is 0 Å². The molecule has 1 heterocycles. The summed E-state index contributed by atoms with van der Waals surface area (Å²) < 4.78 is 36.8. The standard InChI is InChI=1S/C15H16FNO3S2/c1-4-13-9(2)7-14(21-13)15(18)17-12-8-10(22(3,19)20)5-6-11(12)16/h5-8H,4H2,1-3H3,(H,17,18). The number of hydrogen-bond donors (Lipinski definition) is 1. The van der Waals surface area contributed by atoms with Gasteiger partial charge in [-0.25, -0.2) is 12.8 Å². The van der Waals surface area contributed by atoms with E-state index in [-0.39, 0.29) is 10.6 Å². The number of aryl methyl sites for hydroxylation is 2. The summed E-state index contributed by atoms with van der Waals surface area (Å²) in [6, 6.07) is 5.08. The monoisotopic (exact) mass is 341 g/mol. The van der Waals surface area contributed by atoms with E-state index in [1.54, 1.807) is 6.07 Å². The Balaban J connectivity index is 2.31. The molecule has 1 aromatic carbocycles. The minimum atomic E-state index is -3.46. The van der Waals surface area contributed by atoms with Crippen molar-refractivity contribution >= 4 is 32.8 Å². The van der Waals surface area contributed by atoms with E-state index in [0.717, 1.165) is 35.2 Å². The number of carbonyl (C=O) groups excluding carboxylic acids is 1. The molecule has 4 nitrogen and oxygen atoms in total. The quantitative estimate of drug-likeness (QED) is 0.867. The molecule has 0 aliphatic rings. The molecule has 0 bridgehead atoms. The Kier molecular flexibility index (Phi) is 4.67. The highest BCUT2D eigenvalue weighted by molar-refractivity contribution is 7.90. The largest absolute Gasteiger partial charge is 0.319 e. The molecule has 0 atom stereocenters. The molecule has 0 aliphatic carbocycles. The Morgan fingerprint density at radius 1 is 1.32 bits per heavy atom. The highest BCUT2D eigenvalue weighted by Crippen LogP contribution is 2.25. The van der Waals surface area contributed by atoms with Gasteiger partial charge < -0.3 is 5.32 Å². The number of benzene rings is 1. The number of halogens is 1. The van der Waals surface area contributed by atoms with Crippen LogP contribution < -0.4 is 5.32 Å². The molecule has 0 aliphatic heterocycles. The van der Waals surface area contributed by atoms with Crippen molar-refractivity contribution < 1.29 is 17.6 Å². The molecule has 1 aromatic heterocycles. The fourth-order valence-electron chi connectivity index (χ4n) is 2.00. The maximum absolute atomic E-state index is 13.8. The number of hydrogen-bond acceptors (Lipinski definition) is 4. The molecule has 22 heavy (non-hydrogen) atoms. The van der Waals surface area contributed by atoms with Crippen molar-refractivity contribution in [1.82, 2.24) is 0 Å². The minimum Gasteiger partial charge on any atom is -0.319 e. The Bertz CT molecular complexity index is 825. The Hall–Kier alpha value is -1.73. The normalized spacial score (nSPS) is 11.5. The number of nitrogens with one attached hydrogen (secondary N) is 1. The molecule has 0 saturated heterocycles. The van der Waals surface area contributed by atoms with Gasteiger partial charge in [-0.05, 0) is 43.2 Å². The molecule has 1 amide bonds. The smallest absolute Gasteiger partial charge is 0.265 e. The van der Waals surface area contributed by atoms with E-state index in [1.165, 1.54) is 17.4 Å². The Labute approximate surface area is 132 Å². The summed E-state index contributed by atoms with van der Waals surface area (Å²) in [5.74, 6) is -1.12. The molecule has 2 aromatic rings. The molecule has 7 heteroatoms. The van der Waals surface area contributed by atoms with Gasteiger partial charge in [-0.1, -0.05) is 6.92 Å². The van der Waals surface area contributed by atoms with E-state index < -0.39 is 21.6 Å². The van der Waals surface area contributed by atoms with Crippen LogP contribution >= 0.6 is 11.3 Å². The van der Waals surface area contributed by atoms with Crippen LogP contribution in [0.3, 0.4) is 0 Å². The first kappa shape index (κ1) is 16.6. The molecule has 0 fully saturated rings. The molecular formula is C15H16FNO3S2. The number of amides is 1. The van der Waals surface area contributed by atoms with Gasteiger partial charge in [-0.3, -0.25) is 4.79 Å². The Morgan fingerprint density at radius 2 is 2.00 bits per heavy atom. The first-order chi connectivity index (χ1) is 10.2. The average molecular weight is 341 g/mol. The van der Waals surface area contributed by atoms with Crippen LogP contribution in [0, 0.1) is 12.7 Å². The third kappa shape index (κ3) is 3.53. The summed E-state index contributed by atoms with van der Waals surface area (Å²) in [6.07, 6.45) is 1.85. The average Bonchev–Trinajstić information content (AvgIpc) is 2.81. The van der Waals surface area contributed by atoms with Crippen LogP contribution in [-0.4, -0.2) is 20.6 Å². The summed E-state index contributed by atoms with van der Waals surface area (Å²) in [5.41, 5.74) is 0.875. The molecule has 0 spiro atoms. The molecule has 1 N–H and O–H groups in total. The van der Waals surface area contributed by atoms with Crippen molar-refractivity contribution in [2.24, 2.45) is 0 Å². The van der Waals surface area contributed by atoms with Crippen LogP contribution in [0.15, 0.2) is 29.2 Å². The van der Waals surface area contributed by atoms with Crippen LogP contribution in [0.4, 0.5) is 10.1 Å². The second-order valence-electron chi connectivity index (χ2n) is 4.94. The molecular weight excluding hydrogens is 325 g/mol. The van der Waals surface area contributed by atoms with Crippen molar-refractivity contribution in [1.29, 1.82) is 0 Å². The van der Waals surface area contributed by atoms with Gasteiger partial charge >= 0.3 is 0 Å². The Morgan fingerprint density at radius 3 is 2.55 bits per heavy atom. The van der Waals surface area contributed by atoms with Crippen LogP contribution in [-0.2, 0) is 16.3 Å². The summed E-state index contributed by atoms with van der Waals surface area (Å²) in [4.78, 5) is 13.7. The second kappa shape index (κ2) is 6.18. The molecule has 0 saturated carbocycles. The van der Waals surface area contributed by atoms with Crippen molar-refractivity contribution in [2.45, 2.75) is 25.2 Å². The zero-order chi connectivity index (χ0) is 16.5. The first-order valence-corrected chi connectivity index (χ1v) is 9.33. The summed E-state index contributed by atoms with van der Waals surface area (Å²) in [7, 11) is -3.46. The van der Waals surface area contributed by atoms with E-state index >= 15 is 0 Å². The fraction of sp³-hybridized carbons (Fsp3) is 0.267. The van der Waals surface area contributed by atoms with Crippen LogP contribution in [0.2, 0.25) is 0 Å². The lowest BCUT2D eigenvalue weighted by Gasteiger charge is -2.07. The molecule has 0 unspecified atom stereocenters. The molecule has 0 radical (unpaired) electrons. The lowest BCUT2D eigenvalue weighted by molar-refractivity contribution is 0.103. The van der Waals surface area contributed by atoms with Crippen molar-refractivity contribution in [2.75, 3.05) is 11.6 Å². The zero-order valence-corrected chi connectivity index (χ0v) is 14.1. The lowest BCUT2D eigenvalue weighted by atomic mass is 10.2. The maximum Gasteiger partial charge on any atom is 0.265 e. The van der Waals surface area contributed by atoms with Crippen molar-refractivity contribution in [3.63, 3.8) is 0 Å². The van der Waals surface area contributed by atoms with Gasteiger partial charge in [0.05, 0.1) is 15.5 Å². The van der Waals surface area contributed by atoms with E-state index in [4.69, 9.17) is 0 Å². The highest BCUT2D eigenvalue weighted by atomic mass is 32.2. The number of anilines is 1. The van der Waals surface area contributed by atoms with Crippen LogP contribution in [0.5, 0.6) is 0 Å². The summed E-state index contributed by atoms with van der Waals surface area (Å²) in [5, 5.41) is 2.44. The zero-order valence-electron chi connectivity index (χ0n) is 12.4. The van der Waals surface area contributed by atoms with Gasteiger partial charge in [-0.15, -0.1) is 11.3 Å². The fourth-order valence-corrected chi connectivity index (χ4v) is 3.65. The van der Waals surface area contributed by atoms with Crippen LogP contribution in [0.25, 0.3) is 0 Å². The van der Waals surface area contributed by atoms with E-state index in [9.17, 15) is 17.6 Å². The van der Waals surface area contributed by atoms with Crippen LogP contribution in [0.1, 0.15) is 27.0 Å². The number of rotatable bonds is 4. The lowest BCUT2D eigenvalue weighted by Crippen LogP contribution is -2.12. The SMILES string of the molecule is CCc1sc(C(=O)Nc2cc(S(C)(=O)=O)ccc2F)cc1C. The summed E-state index contributed by atoms with van der Waals surface area (Å²) in [6.45, 7) is 3.91. The number of carbonyl (C=O) groups is 1. The first-order valence-electron chi connectivity index (χ1n) is 6.62. The predicted octanol–water partition coefficient (Wildman–Crippen LogP) is 3.41. The number of sulfone groups is 1. The third-order valence-corrected chi connectivity index (χ3v) is 5.67. The van der Waals surface area contributed by atoms with E-state index in [2.05, 4.69) is 5.32 Å². The highest BCUT2D eigenvalue weighted by Gasteiger charge is 2.16. The predicted molar refractivity (Wildman–Crippen MR) is 85.9 cm³/mol. The van der Waals surface area contributed by atoms with Crippen molar-refractivity contribution in [3.8, 4) is 0 Å². The number of thiophene rings is 1. The summed E-state index contributed by atoms with van der Waals surface area (Å²) >= 11 is 1.35. The van der Waals surface area contributed by atoms with E-state index in [0.29, 0.717) is 4.88 Å². The molecule has 118 valence electrons. The van der Waals surface area contributed by atoms with E-state index in [1.807, 2.05) is 13.8 Å².